The van der Waals surface area contributed by atoms with Crippen molar-refractivity contribution < 1.29 is 14.7 Å². The number of hydrogen-bond acceptors (Lipinski definition) is 7. The molecule has 3 rings (SSSR count). The largest absolute Gasteiger partial charge is 0.506 e. The summed E-state index contributed by atoms with van der Waals surface area (Å²) in [6.45, 7) is 1.66. The first-order valence-corrected chi connectivity index (χ1v) is 10.5. The lowest BCUT2D eigenvalue weighted by atomic mass is 10.1. The molecule has 150 valence electrons. The summed E-state index contributed by atoms with van der Waals surface area (Å²) >= 11 is 14.3. The lowest BCUT2D eigenvalue weighted by Gasteiger charge is -2.04. The lowest BCUT2D eigenvalue weighted by Crippen LogP contribution is -2.29. The number of nitrogens with one attached hydrogen (secondary N) is 2. The number of halogens is 2. The van der Waals surface area contributed by atoms with E-state index < -0.39 is 11.8 Å². The highest BCUT2D eigenvalue weighted by molar-refractivity contribution is 7.16. The van der Waals surface area contributed by atoms with Gasteiger partial charge in [0.05, 0.1) is 36.0 Å². The van der Waals surface area contributed by atoms with E-state index in [2.05, 4.69) is 10.5 Å². The number of nitrogens with two attached hydrogens (primary N) is 1. The Morgan fingerprint density at radius 1 is 1.10 bits per heavy atom. The lowest BCUT2D eigenvalue weighted by molar-refractivity contribution is 0.0951. The average Bonchev–Trinajstić information content (AvgIpc) is 3.34. The topological polar surface area (TPSA) is 117 Å². The molecule has 0 radical (unpaired) electrons. The smallest absolute Gasteiger partial charge is 0.281 e. The van der Waals surface area contributed by atoms with E-state index >= 15 is 0 Å². The Morgan fingerprint density at radius 3 is 2.45 bits per heavy atom. The minimum Gasteiger partial charge on any atom is -0.506 e. The maximum atomic E-state index is 12.2. The summed E-state index contributed by atoms with van der Waals surface area (Å²) in [5.41, 5.74) is 6.02. The van der Waals surface area contributed by atoms with E-state index in [1.54, 1.807) is 30.5 Å². The molecule has 0 saturated heterocycles. The van der Waals surface area contributed by atoms with Crippen molar-refractivity contribution in [3.63, 3.8) is 0 Å². The molecule has 0 atom stereocenters. The Morgan fingerprint density at radius 2 is 1.79 bits per heavy atom. The zero-order valence-electron chi connectivity index (χ0n) is 14.8. The minimum atomic E-state index is -0.482. The Bertz CT molecular complexity index is 1120. The first kappa shape index (κ1) is 21.3. The van der Waals surface area contributed by atoms with Crippen LogP contribution in [0.1, 0.15) is 31.8 Å². The summed E-state index contributed by atoms with van der Waals surface area (Å²) in [6.07, 6.45) is 0. The van der Waals surface area contributed by atoms with Crippen LogP contribution in [0.25, 0.3) is 10.4 Å². The first-order valence-electron chi connectivity index (χ1n) is 8.03. The average molecular weight is 469 g/mol. The number of rotatable bonds is 5. The van der Waals surface area contributed by atoms with E-state index in [4.69, 9.17) is 29.0 Å². The van der Waals surface area contributed by atoms with Crippen LogP contribution in [-0.2, 0) is 0 Å². The molecule has 5 N–H and O–H groups in total. The zero-order valence-corrected chi connectivity index (χ0v) is 18.0. The van der Waals surface area contributed by atoms with Crippen molar-refractivity contribution in [3.05, 3.63) is 61.1 Å². The number of amides is 2. The number of aromatic hydroxyl groups is 1. The summed E-state index contributed by atoms with van der Waals surface area (Å²) in [6, 6.07) is 8.06. The maximum Gasteiger partial charge on any atom is 0.281 e. The van der Waals surface area contributed by atoms with Gasteiger partial charge in [0.15, 0.2) is 0 Å². The Kier molecular flexibility index (Phi) is 6.56. The summed E-state index contributed by atoms with van der Waals surface area (Å²) < 4.78 is 0. The summed E-state index contributed by atoms with van der Waals surface area (Å²) in [5, 5.41) is 17.2. The highest BCUT2D eigenvalue weighted by atomic mass is 35.5. The number of thiophene rings is 2. The monoisotopic (exact) mass is 468 g/mol. The van der Waals surface area contributed by atoms with Crippen molar-refractivity contribution in [2.45, 2.75) is 6.92 Å². The molecule has 2 aromatic heterocycles. The highest BCUT2D eigenvalue weighted by Gasteiger charge is 2.17. The van der Waals surface area contributed by atoms with Gasteiger partial charge in [0.25, 0.3) is 11.8 Å². The molecule has 0 saturated carbocycles. The molecule has 0 aliphatic carbocycles. The van der Waals surface area contributed by atoms with Crippen LogP contribution in [0.5, 0.6) is 5.75 Å². The summed E-state index contributed by atoms with van der Waals surface area (Å²) in [7, 11) is 0. The summed E-state index contributed by atoms with van der Waals surface area (Å²) in [5.74, 6) is 4.14. The third-order valence-corrected chi connectivity index (χ3v) is 6.69. The number of hydrazone groups is 1. The van der Waals surface area contributed by atoms with Crippen LogP contribution in [0.15, 0.2) is 40.8 Å². The van der Waals surface area contributed by atoms with Crippen molar-refractivity contribution in [1.82, 2.24) is 10.9 Å². The number of nitrogen functional groups attached to an aromatic ring is 1. The SMILES string of the molecule is C/C(=N\NC(=O)c1ccc(C(=O)NN)s1)c1csc(-c2ccc(Cl)c(Cl)c2)c1O. The predicted octanol–water partition coefficient (Wildman–Crippen LogP) is 4.25. The highest BCUT2D eigenvalue weighted by Crippen LogP contribution is 2.40. The Balaban J connectivity index is 1.77. The van der Waals surface area contributed by atoms with Gasteiger partial charge in [0, 0.05) is 5.38 Å². The molecule has 29 heavy (non-hydrogen) atoms. The van der Waals surface area contributed by atoms with Crippen LogP contribution >= 0.6 is 45.9 Å². The quantitative estimate of drug-likeness (QED) is 0.194. The fourth-order valence-corrected chi connectivity index (χ4v) is 4.45. The predicted molar refractivity (Wildman–Crippen MR) is 117 cm³/mol. The molecular formula is C18H14Cl2N4O3S2. The molecule has 0 aliphatic heterocycles. The van der Waals surface area contributed by atoms with Crippen LogP contribution < -0.4 is 16.7 Å². The molecule has 2 heterocycles. The van der Waals surface area contributed by atoms with Crippen LogP contribution in [0.4, 0.5) is 0 Å². The van der Waals surface area contributed by atoms with Gasteiger partial charge in [-0.25, -0.2) is 11.3 Å². The van der Waals surface area contributed by atoms with Crippen molar-refractivity contribution in [1.29, 1.82) is 0 Å². The molecule has 0 spiro atoms. The van der Waals surface area contributed by atoms with E-state index in [0.29, 0.717) is 41.5 Å². The molecule has 1 aromatic carbocycles. The number of hydrogen-bond donors (Lipinski definition) is 4. The van der Waals surface area contributed by atoms with E-state index in [0.717, 1.165) is 11.3 Å². The first-order chi connectivity index (χ1) is 13.8. The number of carbonyl (C=O) groups excluding carboxylic acids is 2. The van der Waals surface area contributed by atoms with E-state index in [1.807, 2.05) is 5.43 Å². The molecule has 0 unspecified atom stereocenters. The second-order valence-corrected chi connectivity index (χ2v) is 8.51. The van der Waals surface area contributed by atoms with Crippen molar-refractivity contribution >= 4 is 63.4 Å². The Hall–Kier alpha value is -2.43. The van der Waals surface area contributed by atoms with Gasteiger partial charge in [-0.2, -0.15) is 5.10 Å². The van der Waals surface area contributed by atoms with Crippen LogP contribution in [-0.4, -0.2) is 22.6 Å². The van der Waals surface area contributed by atoms with Gasteiger partial charge < -0.3 is 5.11 Å². The second kappa shape index (κ2) is 8.93. The molecular weight excluding hydrogens is 455 g/mol. The van der Waals surface area contributed by atoms with Gasteiger partial charge in [-0.3, -0.25) is 15.0 Å². The third kappa shape index (κ3) is 4.60. The second-order valence-electron chi connectivity index (χ2n) is 5.73. The van der Waals surface area contributed by atoms with Gasteiger partial charge in [-0.05, 0) is 36.8 Å². The minimum absolute atomic E-state index is 0.0296. The third-order valence-electron chi connectivity index (χ3n) is 3.85. The standard InChI is InChI=1S/C18H14Cl2N4O3S2/c1-8(23-24-18(27)14-5-4-13(29-14)17(26)22-21)10-7-28-16(15(10)25)9-2-3-11(19)12(20)6-9/h2-7,25H,21H2,1H3,(H,22,26)(H,24,27)/b23-8+. The maximum absolute atomic E-state index is 12.2. The molecule has 11 heteroatoms. The van der Waals surface area contributed by atoms with E-state index in [1.165, 1.54) is 23.5 Å². The zero-order chi connectivity index (χ0) is 21.1. The van der Waals surface area contributed by atoms with Crippen molar-refractivity contribution in [2.24, 2.45) is 10.9 Å². The van der Waals surface area contributed by atoms with Gasteiger partial charge in [-0.15, -0.1) is 22.7 Å². The van der Waals surface area contributed by atoms with Crippen LogP contribution in [0, 0.1) is 0 Å². The molecule has 3 aromatic rings. The molecule has 7 nitrogen and oxygen atoms in total. The molecule has 2 amide bonds. The fourth-order valence-electron chi connectivity index (χ4n) is 2.35. The molecule has 0 aliphatic rings. The van der Waals surface area contributed by atoms with Crippen LogP contribution in [0.2, 0.25) is 10.0 Å². The Labute approximate surface area is 183 Å². The molecule has 0 fully saturated rings. The fraction of sp³-hybridized carbons (Fsp3) is 0.0556. The normalized spacial score (nSPS) is 11.4. The van der Waals surface area contributed by atoms with Crippen LogP contribution in [0.3, 0.4) is 0 Å². The number of hydrazine groups is 1. The van der Waals surface area contributed by atoms with Gasteiger partial charge in [0.2, 0.25) is 0 Å². The van der Waals surface area contributed by atoms with Gasteiger partial charge >= 0.3 is 0 Å². The van der Waals surface area contributed by atoms with Crippen molar-refractivity contribution in [3.8, 4) is 16.2 Å². The summed E-state index contributed by atoms with van der Waals surface area (Å²) in [4.78, 5) is 24.9. The number of nitrogens with zero attached hydrogens (tertiary/aromatic N) is 1. The number of benzene rings is 1. The number of carbonyl (C=O) groups is 2. The van der Waals surface area contributed by atoms with Gasteiger partial charge in [-0.1, -0.05) is 29.3 Å². The van der Waals surface area contributed by atoms with Gasteiger partial charge in [0.1, 0.15) is 5.75 Å². The molecule has 0 bridgehead atoms. The van der Waals surface area contributed by atoms with E-state index in [-0.39, 0.29) is 5.75 Å². The van der Waals surface area contributed by atoms with Crippen molar-refractivity contribution in [2.75, 3.05) is 0 Å². The van der Waals surface area contributed by atoms with E-state index in [9.17, 15) is 14.7 Å².